The van der Waals surface area contributed by atoms with Crippen molar-refractivity contribution in [1.29, 1.82) is 0 Å². The highest BCUT2D eigenvalue weighted by atomic mass is 35.5. The summed E-state index contributed by atoms with van der Waals surface area (Å²) in [6.07, 6.45) is 3.84. The van der Waals surface area contributed by atoms with Crippen molar-refractivity contribution in [3.05, 3.63) is 23.3 Å². The summed E-state index contributed by atoms with van der Waals surface area (Å²) in [5, 5.41) is 0. The van der Waals surface area contributed by atoms with E-state index in [-0.39, 0.29) is 36.0 Å². The van der Waals surface area contributed by atoms with E-state index in [4.69, 9.17) is 14.2 Å². The molecule has 0 N–H and O–H groups in total. The number of piperidine rings is 1. The molecule has 0 radical (unpaired) electrons. The van der Waals surface area contributed by atoms with E-state index in [1.54, 1.807) is 7.11 Å². The van der Waals surface area contributed by atoms with Crippen LogP contribution in [0.4, 0.5) is 0 Å². The van der Waals surface area contributed by atoms with Gasteiger partial charge in [0.15, 0.2) is 11.5 Å². The van der Waals surface area contributed by atoms with Gasteiger partial charge < -0.3 is 19.1 Å². The summed E-state index contributed by atoms with van der Waals surface area (Å²) in [6.45, 7) is 2.56. The summed E-state index contributed by atoms with van der Waals surface area (Å²) in [6, 6.07) is 4.78. The van der Waals surface area contributed by atoms with Gasteiger partial charge in [-0.3, -0.25) is 4.79 Å². The summed E-state index contributed by atoms with van der Waals surface area (Å²) in [4.78, 5) is 14.2. The molecule has 0 unspecified atom stereocenters. The zero-order chi connectivity index (χ0) is 17.3. The molecule has 0 amide bonds. The van der Waals surface area contributed by atoms with Gasteiger partial charge in [0.05, 0.1) is 7.11 Å². The lowest BCUT2D eigenvalue weighted by atomic mass is 9.51. The minimum Gasteiger partial charge on any atom is -0.493 e. The second kappa shape index (κ2) is 6.03. The third-order valence-electron chi connectivity index (χ3n) is 7.06. The van der Waals surface area contributed by atoms with Gasteiger partial charge in [0, 0.05) is 23.9 Å². The van der Waals surface area contributed by atoms with Crippen LogP contribution in [0.25, 0.3) is 0 Å². The Hall–Kier alpha value is -1.46. The van der Waals surface area contributed by atoms with E-state index in [2.05, 4.69) is 18.0 Å². The molecule has 5 atom stereocenters. The predicted molar refractivity (Wildman–Crippen MR) is 99.4 cm³/mol. The Morgan fingerprint density at radius 3 is 2.88 bits per heavy atom. The quantitative estimate of drug-likeness (QED) is 0.739. The molecule has 2 aliphatic heterocycles. The number of hydrogen-bond acceptors (Lipinski definition) is 5. The molecule has 2 aliphatic carbocycles. The van der Waals surface area contributed by atoms with E-state index < -0.39 is 0 Å². The second-order valence-corrected chi connectivity index (χ2v) is 8.04. The zero-order valence-electron chi connectivity index (χ0n) is 15.5. The fourth-order valence-corrected chi connectivity index (χ4v) is 6.17. The maximum absolute atomic E-state index is 11.7. The fourth-order valence-electron chi connectivity index (χ4n) is 6.17. The molecular formula is C20H26ClNO4. The number of ether oxygens (including phenoxy) is 3. The molecule has 2 bridgehead atoms. The molecule has 5 rings (SSSR count). The Kier molecular flexibility index (Phi) is 4.16. The summed E-state index contributed by atoms with van der Waals surface area (Å²) < 4.78 is 17.9. The maximum atomic E-state index is 11.7. The van der Waals surface area contributed by atoms with Crippen molar-refractivity contribution in [1.82, 2.24) is 4.90 Å². The fraction of sp³-hybridized carbons (Fsp3) is 0.650. The highest BCUT2D eigenvalue weighted by Crippen LogP contribution is 2.64. The number of hydrogen-bond donors (Lipinski definition) is 0. The number of nitrogens with zero attached hydrogens (tertiary/aromatic N) is 1. The lowest BCUT2D eigenvalue weighted by Gasteiger charge is -2.58. The molecule has 26 heavy (non-hydrogen) atoms. The molecule has 0 aromatic heterocycles. The van der Waals surface area contributed by atoms with E-state index in [9.17, 15) is 4.79 Å². The first-order valence-electron chi connectivity index (χ1n) is 9.30. The van der Waals surface area contributed by atoms with E-state index in [0.29, 0.717) is 12.0 Å². The van der Waals surface area contributed by atoms with Gasteiger partial charge in [0.2, 0.25) is 0 Å². The van der Waals surface area contributed by atoms with E-state index in [1.165, 1.54) is 18.1 Å². The van der Waals surface area contributed by atoms with Crippen LogP contribution in [0, 0.1) is 5.92 Å². The van der Waals surface area contributed by atoms with Gasteiger partial charge in [-0.1, -0.05) is 6.07 Å². The van der Waals surface area contributed by atoms with Crippen molar-refractivity contribution in [2.24, 2.45) is 5.92 Å². The van der Waals surface area contributed by atoms with Gasteiger partial charge in [-0.25, -0.2) is 0 Å². The van der Waals surface area contributed by atoms with Gasteiger partial charge in [-0.05, 0) is 56.8 Å². The van der Waals surface area contributed by atoms with Crippen LogP contribution in [0.15, 0.2) is 12.1 Å². The Bertz CT molecular complexity index is 754. The molecule has 6 heteroatoms. The van der Waals surface area contributed by atoms with Crippen molar-refractivity contribution in [3.63, 3.8) is 0 Å². The van der Waals surface area contributed by atoms with Crippen molar-refractivity contribution in [2.75, 3.05) is 20.7 Å². The number of likely N-dealkylation sites (tertiary alicyclic amines) is 1. The van der Waals surface area contributed by atoms with Gasteiger partial charge in [0.25, 0.3) is 0 Å². The molecule has 142 valence electrons. The zero-order valence-corrected chi connectivity index (χ0v) is 16.3. The van der Waals surface area contributed by atoms with Crippen molar-refractivity contribution in [2.45, 2.75) is 56.3 Å². The lowest BCUT2D eigenvalue weighted by molar-refractivity contribution is -0.163. The third-order valence-corrected chi connectivity index (χ3v) is 7.06. The number of halogens is 1. The summed E-state index contributed by atoms with van der Waals surface area (Å²) in [5.41, 5.74) is 2.70. The van der Waals surface area contributed by atoms with Gasteiger partial charge in [0.1, 0.15) is 12.2 Å². The summed E-state index contributed by atoms with van der Waals surface area (Å²) >= 11 is 0. The standard InChI is InChI=1S/C20H25NO4.ClH/c1-11(22)24-16-7-5-13-14-10-12-4-6-15(23-3)18-17(12)20(13,19(16)25-18)8-9-21(14)2;/h4,6,13-14,16,19H,5,7-10H2,1-3H3;1H/t13-,14+,16-,19-,20-;/m0./s1. The average molecular weight is 380 g/mol. The molecule has 5 nitrogen and oxygen atoms in total. The summed E-state index contributed by atoms with van der Waals surface area (Å²) in [5.74, 6) is 2.05. The van der Waals surface area contributed by atoms with Crippen LogP contribution in [0.5, 0.6) is 11.5 Å². The number of carbonyl (C=O) groups is 1. The molecule has 1 saturated heterocycles. The third kappa shape index (κ3) is 2.10. The van der Waals surface area contributed by atoms with Crippen molar-refractivity contribution >= 4 is 18.4 Å². The molecule has 1 aromatic carbocycles. The Balaban J connectivity index is 0.00000168. The number of benzene rings is 1. The maximum Gasteiger partial charge on any atom is 0.303 e. The van der Waals surface area contributed by atoms with Gasteiger partial charge in [-0.15, -0.1) is 12.4 Å². The first-order valence-corrected chi connectivity index (χ1v) is 9.30. The normalized spacial score (nSPS) is 36.4. The molecule has 2 heterocycles. The Morgan fingerprint density at radius 1 is 1.35 bits per heavy atom. The van der Waals surface area contributed by atoms with E-state index >= 15 is 0 Å². The van der Waals surface area contributed by atoms with Crippen molar-refractivity contribution in [3.8, 4) is 11.5 Å². The summed E-state index contributed by atoms with van der Waals surface area (Å²) in [7, 11) is 3.94. The van der Waals surface area contributed by atoms with Crippen LogP contribution >= 0.6 is 12.4 Å². The second-order valence-electron chi connectivity index (χ2n) is 8.04. The smallest absolute Gasteiger partial charge is 0.303 e. The number of methoxy groups -OCH3 is 1. The predicted octanol–water partition coefficient (Wildman–Crippen LogP) is 2.72. The number of carbonyl (C=O) groups excluding carboxylic acids is 1. The molecule has 1 spiro atoms. The minimum atomic E-state index is -0.216. The topological polar surface area (TPSA) is 48.0 Å². The molecule has 4 aliphatic rings. The lowest BCUT2D eigenvalue weighted by Crippen LogP contribution is -2.66. The van der Waals surface area contributed by atoms with Crippen molar-refractivity contribution < 1.29 is 19.0 Å². The SMILES string of the molecule is COc1ccc2c3c1O[C@H]1[C@@H](OC(C)=O)CC[C@H]4[C@@H](C2)N(C)CC[C@@]341.Cl. The van der Waals surface area contributed by atoms with Gasteiger partial charge >= 0.3 is 5.97 Å². The van der Waals surface area contributed by atoms with E-state index in [0.717, 1.165) is 43.7 Å². The van der Waals surface area contributed by atoms with Crippen LogP contribution in [-0.2, 0) is 21.4 Å². The van der Waals surface area contributed by atoms with Crippen LogP contribution in [0.3, 0.4) is 0 Å². The molecular weight excluding hydrogens is 354 g/mol. The highest BCUT2D eigenvalue weighted by molar-refractivity contribution is 5.85. The Morgan fingerprint density at radius 2 is 2.15 bits per heavy atom. The average Bonchev–Trinajstić information content (AvgIpc) is 2.94. The number of rotatable bonds is 2. The van der Waals surface area contributed by atoms with Crippen LogP contribution < -0.4 is 9.47 Å². The van der Waals surface area contributed by atoms with Crippen LogP contribution in [0.2, 0.25) is 0 Å². The van der Waals surface area contributed by atoms with Gasteiger partial charge in [-0.2, -0.15) is 0 Å². The molecule has 2 fully saturated rings. The first kappa shape index (κ1) is 17.9. The minimum absolute atomic E-state index is 0. The van der Waals surface area contributed by atoms with Crippen LogP contribution in [0.1, 0.15) is 37.3 Å². The highest BCUT2D eigenvalue weighted by Gasteiger charge is 2.66. The molecule has 1 aromatic rings. The number of esters is 1. The van der Waals surface area contributed by atoms with E-state index in [1.807, 2.05) is 6.07 Å². The first-order chi connectivity index (χ1) is 12.1. The van der Waals surface area contributed by atoms with Crippen LogP contribution in [-0.4, -0.2) is 49.8 Å². The Labute approximate surface area is 160 Å². The number of likely N-dealkylation sites (N-methyl/N-ethyl adjacent to an activating group) is 1. The monoisotopic (exact) mass is 379 g/mol. The largest absolute Gasteiger partial charge is 0.493 e. The molecule has 1 saturated carbocycles.